The van der Waals surface area contributed by atoms with Crippen LogP contribution in [0.4, 0.5) is 5.69 Å². The van der Waals surface area contributed by atoms with Crippen molar-refractivity contribution in [1.29, 1.82) is 0 Å². The van der Waals surface area contributed by atoms with E-state index in [9.17, 15) is 14.7 Å². The molecule has 1 saturated heterocycles. The van der Waals surface area contributed by atoms with Crippen molar-refractivity contribution < 1.29 is 14.7 Å². The van der Waals surface area contributed by atoms with Crippen molar-refractivity contribution in [2.75, 3.05) is 11.4 Å². The van der Waals surface area contributed by atoms with Crippen LogP contribution in [0.5, 0.6) is 0 Å². The van der Waals surface area contributed by atoms with Crippen molar-refractivity contribution in [2.24, 2.45) is 0 Å². The Morgan fingerprint density at radius 2 is 2.11 bits per heavy atom. The molecule has 1 heterocycles. The number of anilines is 1. The molecule has 1 fully saturated rings. The van der Waals surface area contributed by atoms with Gasteiger partial charge in [0.2, 0.25) is 11.8 Å². The fourth-order valence-corrected chi connectivity index (χ4v) is 2.43. The summed E-state index contributed by atoms with van der Waals surface area (Å²) < 4.78 is 0. The lowest BCUT2D eigenvalue weighted by molar-refractivity contribution is -0.132. The van der Waals surface area contributed by atoms with Crippen molar-refractivity contribution in [3.8, 4) is 0 Å². The lowest BCUT2D eigenvalue weighted by Crippen LogP contribution is -2.58. The number of nitrogens with zero attached hydrogens (tertiary/aromatic N) is 1. The fourth-order valence-electron chi connectivity index (χ4n) is 2.43. The van der Waals surface area contributed by atoms with Gasteiger partial charge in [-0.1, -0.05) is 25.1 Å². The monoisotopic (exact) mass is 262 g/mol. The van der Waals surface area contributed by atoms with Crippen LogP contribution in [-0.2, 0) is 9.59 Å². The zero-order valence-electron chi connectivity index (χ0n) is 11.1. The van der Waals surface area contributed by atoms with Gasteiger partial charge in [-0.3, -0.25) is 14.9 Å². The maximum absolute atomic E-state index is 11.9. The van der Waals surface area contributed by atoms with Gasteiger partial charge in [0.1, 0.15) is 6.04 Å². The zero-order valence-corrected chi connectivity index (χ0v) is 11.1. The molecule has 102 valence electrons. The molecule has 19 heavy (non-hydrogen) atoms. The van der Waals surface area contributed by atoms with E-state index in [2.05, 4.69) is 5.32 Å². The van der Waals surface area contributed by atoms with Crippen LogP contribution in [-0.4, -0.2) is 29.5 Å². The van der Waals surface area contributed by atoms with Gasteiger partial charge in [-0.15, -0.1) is 0 Å². The number of hydrogen-bond acceptors (Lipinski definition) is 4. The van der Waals surface area contributed by atoms with Crippen LogP contribution in [0.3, 0.4) is 0 Å². The molecule has 1 unspecified atom stereocenters. The second-order valence-electron chi connectivity index (χ2n) is 4.70. The summed E-state index contributed by atoms with van der Waals surface area (Å²) >= 11 is 0. The summed E-state index contributed by atoms with van der Waals surface area (Å²) in [5.41, 5.74) is 1.47. The second-order valence-corrected chi connectivity index (χ2v) is 4.70. The Morgan fingerprint density at radius 3 is 2.74 bits per heavy atom. The van der Waals surface area contributed by atoms with Crippen LogP contribution in [0.2, 0.25) is 0 Å². The Balaban J connectivity index is 2.43. The third-order valence-corrected chi connectivity index (χ3v) is 3.34. The van der Waals surface area contributed by atoms with Crippen molar-refractivity contribution in [3.63, 3.8) is 0 Å². The molecule has 2 atom stereocenters. The van der Waals surface area contributed by atoms with Gasteiger partial charge in [0.05, 0.1) is 12.6 Å². The van der Waals surface area contributed by atoms with E-state index in [-0.39, 0.29) is 24.4 Å². The summed E-state index contributed by atoms with van der Waals surface area (Å²) in [5.74, 6) is -0.589. The van der Waals surface area contributed by atoms with Crippen LogP contribution in [0, 0.1) is 0 Å². The van der Waals surface area contributed by atoms with E-state index >= 15 is 0 Å². The number of para-hydroxylation sites is 1. The van der Waals surface area contributed by atoms with Crippen LogP contribution in [0.1, 0.15) is 31.9 Å². The number of aliphatic hydroxyl groups is 1. The van der Waals surface area contributed by atoms with E-state index in [1.807, 2.05) is 31.2 Å². The van der Waals surface area contributed by atoms with Crippen molar-refractivity contribution >= 4 is 17.5 Å². The fraction of sp³-hybridized carbons (Fsp3) is 0.429. The lowest BCUT2D eigenvalue weighted by atomic mass is 10.0. The molecule has 2 rings (SSSR count). The van der Waals surface area contributed by atoms with Crippen LogP contribution >= 0.6 is 0 Å². The smallest absolute Gasteiger partial charge is 0.249 e. The first-order valence-corrected chi connectivity index (χ1v) is 6.42. The van der Waals surface area contributed by atoms with E-state index in [1.165, 1.54) is 0 Å². The summed E-state index contributed by atoms with van der Waals surface area (Å²) in [6, 6.07) is 6.93. The third kappa shape index (κ3) is 2.61. The topological polar surface area (TPSA) is 69.6 Å². The Hall–Kier alpha value is -1.88. The number of carbonyl (C=O) groups is 2. The maximum atomic E-state index is 11.9. The minimum atomic E-state index is -0.645. The first-order chi connectivity index (χ1) is 9.04. The van der Waals surface area contributed by atoms with Gasteiger partial charge in [0.15, 0.2) is 0 Å². The van der Waals surface area contributed by atoms with Gasteiger partial charge >= 0.3 is 0 Å². The van der Waals surface area contributed by atoms with Crippen molar-refractivity contribution in [3.05, 3.63) is 29.8 Å². The van der Waals surface area contributed by atoms with Gasteiger partial charge in [0.25, 0.3) is 0 Å². The lowest BCUT2D eigenvalue weighted by Gasteiger charge is -2.36. The zero-order chi connectivity index (χ0) is 14.0. The summed E-state index contributed by atoms with van der Waals surface area (Å²) in [5, 5.41) is 12.2. The molecule has 0 aliphatic carbocycles. The quantitative estimate of drug-likeness (QED) is 0.797. The number of hydrogen-bond donors (Lipinski definition) is 2. The average molecular weight is 262 g/mol. The molecule has 1 aromatic carbocycles. The minimum Gasteiger partial charge on any atom is -0.389 e. The molecule has 0 saturated carbocycles. The van der Waals surface area contributed by atoms with Gasteiger partial charge in [-0.2, -0.15) is 0 Å². The van der Waals surface area contributed by atoms with Crippen LogP contribution in [0.15, 0.2) is 24.3 Å². The summed E-state index contributed by atoms with van der Waals surface area (Å²) in [6.45, 7) is 3.71. The van der Waals surface area contributed by atoms with Crippen molar-refractivity contribution in [1.82, 2.24) is 5.32 Å². The largest absolute Gasteiger partial charge is 0.389 e. The van der Waals surface area contributed by atoms with E-state index in [1.54, 1.807) is 11.8 Å². The SMILES string of the molecule is CCC1C(=O)NC(=O)CN1c1ccccc1[C@H](C)O. The Morgan fingerprint density at radius 1 is 1.42 bits per heavy atom. The summed E-state index contributed by atoms with van der Waals surface area (Å²) in [7, 11) is 0. The van der Waals surface area contributed by atoms with E-state index in [0.717, 1.165) is 11.3 Å². The standard InChI is InChI=1S/C14H18N2O3/c1-3-11-14(19)15-13(18)8-16(11)12-7-5-4-6-10(12)9(2)17/h4-7,9,11,17H,3,8H2,1-2H3,(H,15,18,19)/t9-,11?/m0/s1. The molecule has 0 spiro atoms. The van der Waals surface area contributed by atoms with Crippen LogP contribution in [0.25, 0.3) is 0 Å². The minimum absolute atomic E-state index is 0.133. The molecule has 2 amide bonds. The number of imide groups is 1. The third-order valence-electron chi connectivity index (χ3n) is 3.34. The molecule has 5 heteroatoms. The molecule has 0 radical (unpaired) electrons. The van der Waals surface area contributed by atoms with Gasteiger partial charge in [-0.05, 0) is 19.4 Å². The first kappa shape index (κ1) is 13.5. The molecule has 1 aliphatic rings. The molecular weight excluding hydrogens is 244 g/mol. The summed E-state index contributed by atoms with van der Waals surface area (Å²) in [4.78, 5) is 25.2. The predicted molar refractivity (Wildman–Crippen MR) is 71.7 cm³/mol. The first-order valence-electron chi connectivity index (χ1n) is 6.42. The van der Waals surface area contributed by atoms with Crippen LogP contribution < -0.4 is 10.2 Å². The van der Waals surface area contributed by atoms with E-state index < -0.39 is 6.10 Å². The Bertz CT molecular complexity index is 499. The molecule has 5 nitrogen and oxygen atoms in total. The van der Waals surface area contributed by atoms with Crippen molar-refractivity contribution in [2.45, 2.75) is 32.4 Å². The number of amides is 2. The highest BCUT2D eigenvalue weighted by molar-refractivity contribution is 6.04. The molecule has 2 N–H and O–H groups in total. The molecule has 0 bridgehead atoms. The average Bonchev–Trinajstić information content (AvgIpc) is 2.37. The molecule has 0 aromatic heterocycles. The highest BCUT2D eigenvalue weighted by atomic mass is 16.3. The number of aliphatic hydroxyl groups excluding tert-OH is 1. The number of nitrogens with one attached hydrogen (secondary N) is 1. The number of carbonyl (C=O) groups excluding carboxylic acids is 2. The van der Waals surface area contributed by atoms with E-state index in [0.29, 0.717) is 6.42 Å². The Labute approximate surface area is 112 Å². The summed E-state index contributed by atoms with van der Waals surface area (Å²) in [6.07, 6.45) is -0.0402. The maximum Gasteiger partial charge on any atom is 0.249 e. The number of rotatable bonds is 3. The predicted octanol–water partition coefficient (Wildman–Crippen LogP) is 0.981. The van der Waals surface area contributed by atoms with Gasteiger partial charge < -0.3 is 10.0 Å². The number of benzene rings is 1. The highest BCUT2D eigenvalue weighted by Gasteiger charge is 2.33. The second kappa shape index (κ2) is 5.40. The normalized spacial score (nSPS) is 21.2. The van der Waals surface area contributed by atoms with Gasteiger partial charge in [0, 0.05) is 11.3 Å². The molecule has 1 aromatic rings. The molecular formula is C14H18N2O3. The molecule has 1 aliphatic heterocycles. The van der Waals surface area contributed by atoms with E-state index in [4.69, 9.17) is 0 Å². The Kier molecular flexibility index (Phi) is 3.85. The van der Waals surface area contributed by atoms with Gasteiger partial charge in [-0.25, -0.2) is 0 Å². The highest BCUT2D eigenvalue weighted by Crippen LogP contribution is 2.29. The number of piperazine rings is 1.